The SMILES string of the molecule is CC(C)(C)OC(=O)N1CCC(CNc2nc(Cl)ncc2[N+](=O)[O-])CC1.O=[N+]([O-])c1cnc(Cl)nc1Cl. The van der Waals surface area contributed by atoms with Crippen molar-refractivity contribution >= 4 is 58.1 Å². The van der Waals surface area contributed by atoms with Gasteiger partial charge < -0.3 is 15.0 Å². The number of nitrogens with one attached hydrogen (secondary N) is 1. The molecule has 0 aromatic carbocycles. The topological polar surface area (TPSA) is 179 Å². The Morgan fingerprint density at radius 1 is 1.06 bits per heavy atom. The number of aromatic nitrogens is 4. The lowest BCUT2D eigenvalue weighted by atomic mass is 9.97. The van der Waals surface area contributed by atoms with Gasteiger partial charge in [0.05, 0.1) is 9.85 Å². The molecule has 0 aliphatic carbocycles. The number of halogens is 3. The lowest BCUT2D eigenvalue weighted by Crippen LogP contribution is -2.42. The van der Waals surface area contributed by atoms with E-state index in [0.29, 0.717) is 19.6 Å². The first kappa shape index (κ1) is 29.1. The van der Waals surface area contributed by atoms with Crippen molar-refractivity contribution in [3.05, 3.63) is 48.3 Å². The van der Waals surface area contributed by atoms with Gasteiger partial charge in [-0.2, -0.15) is 9.97 Å². The maximum atomic E-state index is 12.0. The van der Waals surface area contributed by atoms with Crippen molar-refractivity contribution in [2.24, 2.45) is 5.92 Å². The maximum absolute atomic E-state index is 12.0. The molecule has 1 fully saturated rings. The summed E-state index contributed by atoms with van der Waals surface area (Å²) in [5, 5.41) is 23.7. The van der Waals surface area contributed by atoms with Gasteiger partial charge in [0.25, 0.3) is 0 Å². The van der Waals surface area contributed by atoms with Gasteiger partial charge in [-0.25, -0.2) is 14.8 Å². The standard InChI is InChI=1S/C15H22ClN5O4.C4HCl2N3O2/c1-15(2,3)25-14(22)20-6-4-10(5-7-20)8-17-12-11(21(23)24)9-18-13(16)19-12;5-3-2(9(10)11)1-7-4(6)8-3/h9-10H,4-8H2,1-3H3,(H,17,18,19);1H. The molecular formula is C19H23Cl3N8O6. The highest BCUT2D eigenvalue weighted by Crippen LogP contribution is 2.25. The summed E-state index contributed by atoms with van der Waals surface area (Å²) >= 11 is 16.3. The quantitative estimate of drug-likeness (QED) is 0.228. The van der Waals surface area contributed by atoms with E-state index in [4.69, 9.17) is 39.5 Å². The highest BCUT2D eigenvalue weighted by molar-refractivity contribution is 6.33. The minimum Gasteiger partial charge on any atom is -0.444 e. The van der Waals surface area contributed by atoms with Gasteiger partial charge in [0, 0.05) is 19.6 Å². The summed E-state index contributed by atoms with van der Waals surface area (Å²) in [6.45, 7) is 7.20. The van der Waals surface area contributed by atoms with Crippen LogP contribution in [0.3, 0.4) is 0 Å². The lowest BCUT2D eigenvalue weighted by Gasteiger charge is -2.33. The summed E-state index contributed by atoms with van der Waals surface area (Å²) in [7, 11) is 0. The first-order valence-electron chi connectivity index (χ1n) is 10.5. The molecule has 2 aromatic rings. The Kier molecular flexibility index (Phi) is 10.3. The van der Waals surface area contributed by atoms with Gasteiger partial charge in [-0.15, -0.1) is 0 Å². The number of ether oxygens (including phenoxy) is 1. The lowest BCUT2D eigenvalue weighted by molar-refractivity contribution is -0.385. The van der Waals surface area contributed by atoms with Crippen molar-refractivity contribution in [2.75, 3.05) is 25.0 Å². The molecule has 3 rings (SSSR count). The van der Waals surface area contributed by atoms with Gasteiger partial charge >= 0.3 is 17.5 Å². The van der Waals surface area contributed by atoms with Crippen LogP contribution in [-0.2, 0) is 4.74 Å². The molecular weight excluding hydrogens is 543 g/mol. The highest BCUT2D eigenvalue weighted by Gasteiger charge is 2.27. The molecule has 3 heterocycles. The Hall–Kier alpha value is -3.10. The van der Waals surface area contributed by atoms with E-state index in [1.165, 1.54) is 0 Å². The van der Waals surface area contributed by atoms with Gasteiger partial charge in [-0.1, -0.05) is 11.6 Å². The molecule has 0 bridgehead atoms. The van der Waals surface area contributed by atoms with E-state index in [-0.39, 0.29) is 44.9 Å². The van der Waals surface area contributed by atoms with Gasteiger partial charge in [-0.3, -0.25) is 20.2 Å². The zero-order valence-electron chi connectivity index (χ0n) is 19.5. The van der Waals surface area contributed by atoms with Gasteiger partial charge in [0.15, 0.2) is 0 Å². The number of hydrogen-bond donors (Lipinski definition) is 1. The first-order chi connectivity index (χ1) is 16.8. The molecule has 0 radical (unpaired) electrons. The molecule has 2 aromatic heterocycles. The number of anilines is 1. The molecule has 1 saturated heterocycles. The molecule has 0 saturated carbocycles. The zero-order chi connectivity index (χ0) is 27.0. The molecule has 14 nitrogen and oxygen atoms in total. The van der Waals surface area contributed by atoms with Crippen LogP contribution in [0.1, 0.15) is 33.6 Å². The fourth-order valence-electron chi connectivity index (χ4n) is 2.96. The average Bonchev–Trinajstić information content (AvgIpc) is 2.77. The van der Waals surface area contributed by atoms with Crippen LogP contribution in [0.25, 0.3) is 0 Å². The molecule has 1 aliphatic heterocycles. The smallest absolute Gasteiger partial charge is 0.410 e. The van der Waals surface area contributed by atoms with Crippen molar-refractivity contribution in [3.63, 3.8) is 0 Å². The minimum absolute atomic E-state index is 0.0483. The number of nitrogens with zero attached hydrogens (tertiary/aromatic N) is 7. The highest BCUT2D eigenvalue weighted by atomic mass is 35.5. The number of carbonyl (C=O) groups is 1. The Balaban J connectivity index is 0.000000346. The van der Waals surface area contributed by atoms with Crippen molar-refractivity contribution in [1.82, 2.24) is 24.8 Å². The normalized spacial score (nSPS) is 13.9. The van der Waals surface area contributed by atoms with E-state index in [1.807, 2.05) is 20.8 Å². The van der Waals surface area contributed by atoms with Crippen LogP contribution in [-0.4, -0.2) is 66.0 Å². The second-order valence-corrected chi connectivity index (χ2v) is 9.53. The Bertz CT molecular complexity index is 1110. The second kappa shape index (κ2) is 12.7. The van der Waals surface area contributed by atoms with E-state index in [0.717, 1.165) is 25.2 Å². The van der Waals surface area contributed by atoms with Crippen molar-refractivity contribution in [3.8, 4) is 0 Å². The van der Waals surface area contributed by atoms with Crippen LogP contribution in [0.4, 0.5) is 22.0 Å². The first-order valence-corrected chi connectivity index (χ1v) is 11.6. The number of likely N-dealkylation sites (tertiary alicyclic amines) is 1. The predicted molar refractivity (Wildman–Crippen MR) is 131 cm³/mol. The summed E-state index contributed by atoms with van der Waals surface area (Å²) in [5.41, 5.74) is -1.08. The minimum atomic E-state index is -0.682. The van der Waals surface area contributed by atoms with Crippen LogP contribution in [0, 0.1) is 26.1 Å². The van der Waals surface area contributed by atoms with Crippen molar-refractivity contribution < 1.29 is 19.4 Å². The molecule has 0 spiro atoms. The van der Waals surface area contributed by atoms with E-state index in [2.05, 4.69) is 25.3 Å². The molecule has 0 unspecified atom stereocenters. The summed E-state index contributed by atoms with van der Waals surface area (Å²) in [5.74, 6) is 0.381. The third kappa shape index (κ3) is 9.17. The average molecular weight is 566 g/mol. The molecule has 1 amide bonds. The van der Waals surface area contributed by atoms with E-state index >= 15 is 0 Å². The molecule has 196 valence electrons. The number of amides is 1. The molecule has 36 heavy (non-hydrogen) atoms. The third-order valence-corrected chi connectivity index (χ3v) is 5.30. The van der Waals surface area contributed by atoms with Crippen LogP contribution in [0.15, 0.2) is 12.4 Å². The second-order valence-electron chi connectivity index (χ2n) is 8.49. The van der Waals surface area contributed by atoms with Crippen molar-refractivity contribution in [1.29, 1.82) is 0 Å². The van der Waals surface area contributed by atoms with Gasteiger partial charge in [-0.05, 0) is 62.7 Å². The van der Waals surface area contributed by atoms with Crippen molar-refractivity contribution in [2.45, 2.75) is 39.2 Å². The van der Waals surface area contributed by atoms with E-state index < -0.39 is 15.4 Å². The number of nitro groups is 2. The molecule has 1 N–H and O–H groups in total. The summed E-state index contributed by atoms with van der Waals surface area (Å²) < 4.78 is 5.36. The fourth-order valence-corrected chi connectivity index (χ4v) is 3.47. The van der Waals surface area contributed by atoms with Gasteiger partial charge in [0.1, 0.15) is 18.0 Å². The number of piperidine rings is 1. The summed E-state index contributed by atoms with van der Waals surface area (Å²) in [6.07, 6.45) is 3.29. The number of hydrogen-bond acceptors (Lipinski definition) is 11. The summed E-state index contributed by atoms with van der Waals surface area (Å²) in [4.78, 5) is 47.9. The Morgan fingerprint density at radius 2 is 1.58 bits per heavy atom. The molecule has 17 heteroatoms. The van der Waals surface area contributed by atoms with E-state index in [1.54, 1.807) is 4.90 Å². The summed E-state index contributed by atoms with van der Waals surface area (Å²) in [6, 6.07) is 0. The number of rotatable bonds is 5. The zero-order valence-corrected chi connectivity index (χ0v) is 21.7. The Morgan fingerprint density at radius 3 is 2.08 bits per heavy atom. The number of carbonyl (C=O) groups excluding carboxylic acids is 1. The van der Waals surface area contributed by atoms with Crippen LogP contribution in [0.2, 0.25) is 15.7 Å². The van der Waals surface area contributed by atoms with E-state index in [9.17, 15) is 25.0 Å². The van der Waals surface area contributed by atoms with Crippen LogP contribution < -0.4 is 5.32 Å². The molecule has 0 atom stereocenters. The monoisotopic (exact) mass is 564 g/mol. The Labute approximate surface area is 220 Å². The maximum Gasteiger partial charge on any atom is 0.410 e. The van der Waals surface area contributed by atoms with Gasteiger partial charge in [0.2, 0.25) is 21.5 Å². The molecule has 1 aliphatic rings. The largest absolute Gasteiger partial charge is 0.444 e. The predicted octanol–water partition coefficient (Wildman–Crippen LogP) is 4.79. The fraction of sp³-hybridized carbons (Fsp3) is 0.526. The third-order valence-electron chi connectivity index (χ3n) is 4.65. The van der Waals surface area contributed by atoms with Crippen LogP contribution >= 0.6 is 34.8 Å². The van der Waals surface area contributed by atoms with Crippen LogP contribution in [0.5, 0.6) is 0 Å².